The van der Waals surface area contributed by atoms with Crippen LogP contribution in [0, 0.1) is 0 Å². The zero-order valence-corrected chi connectivity index (χ0v) is 9.63. The van der Waals surface area contributed by atoms with E-state index in [2.05, 4.69) is 21.2 Å². The molecule has 0 bridgehead atoms. The highest BCUT2D eigenvalue weighted by atomic mass is 16.5. The molecule has 6 nitrogen and oxygen atoms in total. The quantitative estimate of drug-likeness (QED) is 0.644. The Kier molecular flexibility index (Phi) is 2.49. The van der Waals surface area contributed by atoms with Crippen LogP contribution in [0.5, 0.6) is 0 Å². The molecule has 0 fully saturated rings. The van der Waals surface area contributed by atoms with Gasteiger partial charge < -0.3 is 21.0 Å². The number of nitrogen functional groups attached to an aromatic ring is 1. The predicted octanol–water partition coefficient (Wildman–Crippen LogP) is 1.38. The van der Waals surface area contributed by atoms with Crippen molar-refractivity contribution in [3.05, 3.63) is 41.9 Å². The number of nitrogens with one attached hydrogen (secondary N) is 1. The molecule has 0 radical (unpaired) electrons. The monoisotopic (exact) mass is 243 g/mol. The van der Waals surface area contributed by atoms with Crippen LogP contribution in [-0.2, 0) is 6.42 Å². The Balaban J connectivity index is 1.88. The summed E-state index contributed by atoms with van der Waals surface area (Å²) in [5.74, 6) is 0.470. The minimum Gasteiger partial charge on any atom is -0.365 e. The van der Waals surface area contributed by atoms with Gasteiger partial charge in [-0.05, 0) is 23.2 Å². The van der Waals surface area contributed by atoms with E-state index < -0.39 is 0 Å². The fraction of sp³-hybridized carbons (Fsp3) is 0.167. The number of nitrogens with zero attached hydrogens (tertiary/aromatic N) is 2. The molecule has 0 saturated heterocycles. The molecule has 5 N–H and O–H groups in total. The van der Waals surface area contributed by atoms with Crippen LogP contribution in [-0.4, -0.2) is 15.1 Å². The summed E-state index contributed by atoms with van der Waals surface area (Å²) < 4.78 is 4.97. The van der Waals surface area contributed by atoms with Crippen molar-refractivity contribution in [2.75, 3.05) is 5.73 Å². The first kappa shape index (κ1) is 10.8. The normalized spacial score (nSPS) is 12.9. The first-order valence-corrected chi connectivity index (χ1v) is 5.63. The third-order valence-corrected chi connectivity index (χ3v) is 2.89. The molecule has 0 aliphatic carbocycles. The lowest BCUT2D eigenvalue weighted by atomic mass is 10.1. The standard InChI is InChI=1S/C12H13N5O/c13-9(11-16-12(14)17-18-11)5-7-6-15-10-4-2-1-3-8(7)10/h1-4,6,9,15H,5,13H2,(H2,14,17)/t9-/m0/s1. The van der Waals surface area contributed by atoms with Gasteiger partial charge in [0.15, 0.2) is 0 Å². The van der Waals surface area contributed by atoms with Crippen molar-refractivity contribution in [1.29, 1.82) is 0 Å². The Hall–Kier alpha value is -2.34. The first-order valence-electron chi connectivity index (χ1n) is 5.63. The van der Waals surface area contributed by atoms with Crippen LogP contribution in [0.25, 0.3) is 10.9 Å². The third kappa shape index (κ3) is 1.82. The number of fused-ring (bicyclic) bond motifs is 1. The van der Waals surface area contributed by atoms with Crippen molar-refractivity contribution in [2.24, 2.45) is 5.73 Å². The number of hydrogen-bond donors (Lipinski definition) is 3. The van der Waals surface area contributed by atoms with Gasteiger partial charge in [-0.15, -0.1) is 0 Å². The van der Waals surface area contributed by atoms with Gasteiger partial charge in [-0.1, -0.05) is 18.2 Å². The molecule has 3 rings (SSSR count). The van der Waals surface area contributed by atoms with E-state index in [-0.39, 0.29) is 12.0 Å². The molecule has 0 saturated carbocycles. The van der Waals surface area contributed by atoms with Gasteiger partial charge in [0.2, 0.25) is 5.89 Å². The second kappa shape index (κ2) is 4.15. The van der Waals surface area contributed by atoms with E-state index in [1.807, 2.05) is 24.4 Å². The molecular formula is C12H13N5O. The van der Waals surface area contributed by atoms with Crippen LogP contribution >= 0.6 is 0 Å². The Bertz CT molecular complexity index is 672. The van der Waals surface area contributed by atoms with Crippen LogP contribution in [0.2, 0.25) is 0 Å². The molecule has 2 aromatic heterocycles. The number of para-hydroxylation sites is 1. The van der Waals surface area contributed by atoms with Gasteiger partial charge in [-0.25, -0.2) is 0 Å². The summed E-state index contributed by atoms with van der Waals surface area (Å²) in [6.45, 7) is 0. The SMILES string of the molecule is Nc1noc([C@@H](N)Cc2c[nH]c3ccccc23)n1. The fourth-order valence-electron chi connectivity index (χ4n) is 2.02. The summed E-state index contributed by atoms with van der Waals surface area (Å²) in [7, 11) is 0. The number of aromatic amines is 1. The highest BCUT2D eigenvalue weighted by Gasteiger charge is 2.16. The molecular weight excluding hydrogens is 230 g/mol. The van der Waals surface area contributed by atoms with E-state index in [1.54, 1.807) is 0 Å². The smallest absolute Gasteiger partial charge is 0.260 e. The maximum absolute atomic E-state index is 6.02. The Morgan fingerprint density at radius 1 is 1.33 bits per heavy atom. The number of nitrogens with two attached hydrogens (primary N) is 2. The van der Waals surface area contributed by atoms with Gasteiger partial charge in [0.1, 0.15) is 0 Å². The van der Waals surface area contributed by atoms with Crippen LogP contribution < -0.4 is 11.5 Å². The molecule has 0 aliphatic rings. The van der Waals surface area contributed by atoms with Gasteiger partial charge in [-0.3, -0.25) is 0 Å². The zero-order valence-electron chi connectivity index (χ0n) is 9.63. The maximum Gasteiger partial charge on any atom is 0.260 e. The average Bonchev–Trinajstić information content (AvgIpc) is 2.97. The number of benzene rings is 1. The van der Waals surface area contributed by atoms with Gasteiger partial charge in [0.25, 0.3) is 5.95 Å². The largest absolute Gasteiger partial charge is 0.365 e. The second-order valence-electron chi connectivity index (χ2n) is 4.16. The highest BCUT2D eigenvalue weighted by molar-refractivity contribution is 5.83. The highest BCUT2D eigenvalue weighted by Crippen LogP contribution is 2.22. The maximum atomic E-state index is 6.02. The number of rotatable bonds is 3. The van der Waals surface area contributed by atoms with Crippen molar-refractivity contribution in [3.8, 4) is 0 Å². The molecule has 0 aliphatic heterocycles. The molecule has 3 aromatic rings. The number of aromatic nitrogens is 3. The summed E-state index contributed by atoms with van der Waals surface area (Å²) in [6.07, 6.45) is 2.57. The van der Waals surface area contributed by atoms with Crippen molar-refractivity contribution >= 4 is 16.9 Å². The Morgan fingerprint density at radius 2 is 2.17 bits per heavy atom. The van der Waals surface area contributed by atoms with E-state index in [0.717, 1.165) is 16.5 Å². The molecule has 6 heteroatoms. The summed E-state index contributed by atoms with van der Waals surface area (Å²) in [6, 6.07) is 7.70. The van der Waals surface area contributed by atoms with Crippen molar-refractivity contribution in [2.45, 2.75) is 12.5 Å². The molecule has 92 valence electrons. The lowest BCUT2D eigenvalue weighted by Gasteiger charge is -2.05. The van der Waals surface area contributed by atoms with Crippen molar-refractivity contribution < 1.29 is 4.52 Å². The number of anilines is 1. The van der Waals surface area contributed by atoms with E-state index in [9.17, 15) is 0 Å². The first-order chi connectivity index (χ1) is 8.74. The lowest BCUT2D eigenvalue weighted by molar-refractivity contribution is 0.355. The molecule has 0 spiro atoms. The molecule has 1 aromatic carbocycles. The van der Waals surface area contributed by atoms with E-state index >= 15 is 0 Å². The zero-order chi connectivity index (χ0) is 12.5. The second-order valence-corrected chi connectivity index (χ2v) is 4.16. The van der Waals surface area contributed by atoms with Gasteiger partial charge in [-0.2, -0.15) is 4.98 Å². The fourth-order valence-corrected chi connectivity index (χ4v) is 2.02. The van der Waals surface area contributed by atoms with E-state index in [4.69, 9.17) is 16.0 Å². The Labute approximate surface area is 103 Å². The summed E-state index contributed by atoms with van der Waals surface area (Å²) in [4.78, 5) is 7.14. The van der Waals surface area contributed by atoms with Gasteiger partial charge >= 0.3 is 0 Å². The predicted molar refractivity (Wildman–Crippen MR) is 67.6 cm³/mol. The molecule has 0 amide bonds. The molecule has 2 heterocycles. The topological polar surface area (TPSA) is 107 Å². The average molecular weight is 243 g/mol. The van der Waals surface area contributed by atoms with Crippen LogP contribution in [0.1, 0.15) is 17.5 Å². The number of hydrogen-bond acceptors (Lipinski definition) is 5. The Morgan fingerprint density at radius 3 is 2.94 bits per heavy atom. The molecule has 1 atom stereocenters. The summed E-state index contributed by atoms with van der Waals surface area (Å²) in [5.41, 5.74) is 13.6. The van der Waals surface area contributed by atoms with Crippen LogP contribution in [0.4, 0.5) is 5.95 Å². The van der Waals surface area contributed by atoms with Crippen molar-refractivity contribution in [1.82, 2.24) is 15.1 Å². The van der Waals surface area contributed by atoms with Crippen LogP contribution in [0.3, 0.4) is 0 Å². The minimum atomic E-state index is -0.353. The van der Waals surface area contributed by atoms with E-state index in [0.29, 0.717) is 12.3 Å². The van der Waals surface area contributed by atoms with Crippen LogP contribution in [0.15, 0.2) is 35.0 Å². The third-order valence-electron chi connectivity index (χ3n) is 2.89. The molecule has 18 heavy (non-hydrogen) atoms. The van der Waals surface area contributed by atoms with Crippen molar-refractivity contribution in [3.63, 3.8) is 0 Å². The summed E-state index contributed by atoms with van der Waals surface area (Å²) >= 11 is 0. The number of H-pyrrole nitrogens is 1. The van der Waals surface area contributed by atoms with Gasteiger partial charge in [0, 0.05) is 17.1 Å². The minimum absolute atomic E-state index is 0.111. The van der Waals surface area contributed by atoms with E-state index in [1.165, 1.54) is 0 Å². The summed E-state index contributed by atoms with van der Waals surface area (Å²) in [5, 5.41) is 4.69. The molecule has 0 unspecified atom stereocenters. The van der Waals surface area contributed by atoms with Gasteiger partial charge in [0.05, 0.1) is 6.04 Å². The lowest BCUT2D eigenvalue weighted by Crippen LogP contribution is -2.13.